The highest BCUT2D eigenvalue weighted by Gasteiger charge is 2.37. The Kier molecular flexibility index (Phi) is 8.13. The van der Waals surface area contributed by atoms with Crippen molar-refractivity contribution >= 4 is 11.0 Å². The van der Waals surface area contributed by atoms with Crippen molar-refractivity contribution in [2.24, 2.45) is 0 Å². The van der Waals surface area contributed by atoms with E-state index in [0.717, 1.165) is 69.1 Å². The van der Waals surface area contributed by atoms with Crippen LogP contribution in [0.4, 0.5) is 13.2 Å². The predicted molar refractivity (Wildman–Crippen MR) is 190 cm³/mol. The number of benzene rings is 1. The first-order valence-electron chi connectivity index (χ1n) is 17.9. The van der Waals surface area contributed by atoms with Gasteiger partial charge in [0.2, 0.25) is 5.88 Å². The van der Waals surface area contributed by atoms with Crippen LogP contribution in [0.5, 0.6) is 5.88 Å². The monoisotopic (exact) mass is 722 g/mol. The number of rotatable bonds is 9. The number of likely N-dealkylation sites (tertiary alicyclic amines) is 1. The molecule has 1 aliphatic heterocycles. The highest BCUT2D eigenvalue weighted by Crippen LogP contribution is 2.45. The Morgan fingerprint density at radius 1 is 0.887 bits per heavy atom. The number of halogens is 3. The van der Waals surface area contributed by atoms with Gasteiger partial charge in [-0.2, -0.15) is 18.3 Å². The van der Waals surface area contributed by atoms with Gasteiger partial charge in [-0.05, 0) is 70.3 Å². The molecule has 12 nitrogen and oxygen atoms in total. The second kappa shape index (κ2) is 12.9. The Morgan fingerprint density at radius 2 is 1.66 bits per heavy atom. The van der Waals surface area contributed by atoms with Crippen molar-refractivity contribution in [1.29, 1.82) is 0 Å². The van der Waals surface area contributed by atoms with E-state index in [2.05, 4.69) is 32.0 Å². The summed E-state index contributed by atoms with van der Waals surface area (Å²) in [6.07, 6.45) is 9.00. The van der Waals surface area contributed by atoms with Gasteiger partial charge in [0, 0.05) is 47.1 Å². The molecular formula is C38H37F3N10O2. The molecule has 3 aliphatic rings. The van der Waals surface area contributed by atoms with E-state index in [0.29, 0.717) is 45.0 Å². The van der Waals surface area contributed by atoms with Crippen LogP contribution >= 0.6 is 0 Å². The number of piperidine rings is 1. The fraction of sp³-hybridized carbons (Fsp3) is 0.395. The number of methoxy groups -OCH3 is 1. The van der Waals surface area contributed by atoms with Crippen molar-refractivity contribution in [3.05, 3.63) is 88.8 Å². The zero-order chi connectivity index (χ0) is 36.4. The molecule has 2 aliphatic carbocycles. The van der Waals surface area contributed by atoms with Crippen molar-refractivity contribution in [3.63, 3.8) is 0 Å². The van der Waals surface area contributed by atoms with Crippen molar-refractivity contribution in [1.82, 2.24) is 48.7 Å². The van der Waals surface area contributed by atoms with E-state index < -0.39 is 11.9 Å². The summed E-state index contributed by atoms with van der Waals surface area (Å²) in [6.45, 7) is 2.10. The lowest BCUT2D eigenvalue weighted by molar-refractivity contribution is -0.140. The number of imidazole rings is 1. The Hall–Kier alpha value is -5.44. The largest absolute Gasteiger partial charge is 0.480 e. The molecule has 0 N–H and O–H groups in total. The first kappa shape index (κ1) is 33.4. The number of pyridine rings is 1. The van der Waals surface area contributed by atoms with Crippen LogP contribution in [0.15, 0.2) is 66.2 Å². The third-order valence-corrected chi connectivity index (χ3v) is 10.5. The molecule has 0 unspecified atom stereocenters. The van der Waals surface area contributed by atoms with Crippen molar-refractivity contribution in [2.45, 2.75) is 69.2 Å². The van der Waals surface area contributed by atoms with Gasteiger partial charge in [0.1, 0.15) is 23.4 Å². The van der Waals surface area contributed by atoms with Crippen LogP contribution < -0.4 is 10.3 Å². The number of nitrogens with zero attached hydrogens (tertiary/aromatic N) is 10. The number of ether oxygens (including phenoxy) is 1. The lowest BCUT2D eigenvalue weighted by atomic mass is 10.1. The van der Waals surface area contributed by atoms with Gasteiger partial charge in [-0.15, -0.1) is 0 Å². The van der Waals surface area contributed by atoms with Gasteiger partial charge < -0.3 is 14.2 Å². The summed E-state index contributed by atoms with van der Waals surface area (Å²) in [7, 11) is 3.66. The maximum absolute atomic E-state index is 14.6. The Bertz CT molecular complexity index is 2380. The van der Waals surface area contributed by atoms with Crippen LogP contribution in [0, 0.1) is 0 Å². The van der Waals surface area contributed by atoms with Gasteiger partial charge in [0.15, 0.2) is 11.5 Å². The number of hydrogen-bond donors (Lipinski definition) is 0. The third-order valence-electron chi connectivity index (χ3n) is 10.5. The van der Waals surface area contributed by atoms with E-state index in [1.165, 1.54) is 6.33 Å². The molecule has 53 heavy (non-hydrogen) atoms. The second-order valence-corrected chi connectivity index (χ2v) is 14.4. The average Bonchev–Trinajstić information content (AvgIpc) is 4.10. The topological polar surface area (TPSA) is 122 Å². The lowest BCUT2D eigenvalue weighted by Crippen LogP contribution is -2.31. The number of aromatic nitrogens is 9. The van der Waals surface area contributed by atoms with E-state index in [-0.39, 0.29) is 35.9 Å². The Labute approximate surface area is 302 Å². The Balaban J connectivity index is 1.13. The summed E-state index contributed by atoms with van der Waals surface area (Å²) in [5.74, 6) is 1.26. The summed E-state index contributed by atoms with van der Waals surface area (Å²) in [4.78, 5) is 39.5. The van der Waals surface area contributed by atoms with E-state index in [1.54, 1.807) is 40.8 Å². The van der Waals surface area contributed by atoms with Crippen LogP contribution in [0.1, 0.15) is 73.5 Å². The van der Waals surface area contributed by atoms with E-state index in [9.17, 15) is 18.0 Å². The minimum Gasteiger partial charge on any atom is -0.480 e. The maximum atomic E-state index is 14.6. The number of alkyl halides is 3. The van der Waals surface area contributed by atoms with Gasteiger partial charge >= 0.3 is 6.18 Å². The summed E-state index contributed by atoms with van der Waals surface area (Å²) in [5.41, 5.74) is 3.17. The van der Waals surface area contributed by atoms with Crippen LogP contribution in [0.25, 0.3) is 44.9 Å². The molecule has 0 radical (unpaired) electrons. The predicted octanol–water partition coefficient (Wildman–Crippen LogP) is 6.53. The molecule has 0 amide bonds. The van der Waals surface area contributed by atoms with Crippen LogP contribution in [0.3, 0.4) is 0 Å². The van der Waals surface area contributed by atoms with Crippen molar-refractivity contribution < 1.29 is 17.9 Å². The molecule has 1 saturated heterocycles. The van der Waals surface area contributed by atoms with Gasteiger partial charge in [-0.3, -0.25) is 14.0 Å². The number of hydrogen-bond acceptors (Lipinski definition) is 9. The third kappa shape index (κ3) is 6.36. The summed E-state index contributed by atoms with van der Waals surface area (Å²) < 4.78 is 51.7. The molecule has 0 bridgehead atoms. The van der Waals surface area contributed by atoms with Gasteiger partial charge in [-0.25, -0.2) is 24.9 Å². The molecule has 0 spiro atoms. The van der Waals surface area contributed by atoms with Crippen molar-refractivity contribution in [3.8, 4) is 39.8 Å². The molecule has 5 aromatic heterocycles. The van der Waals surface area contributed by atoms with Crippen LogP contribution in [-0.2, 0) is 12.7 Å². The normalized spacial score (nSPS) is 17.2. The molecule has 3 fully saturated rings. The quantitative estimate of drug-likeness (QED) is 0.164. The minimum absolute atomic E-state index is 0.00714. The van der Waals surface area contributed by atoms with Crippen molar-refractivity contribution in [2.75, 3.05) is 27.2 Å². The Morgan fingerprint density at radius 3 is 2.36 bits per heavy atom. The van der Waals surface area contributed by atoms with Crippen LogP contribution in [0.2, 0.25) is 0 Å². The first-order chi connectivity index (χ1) is 25.6. The molecular weight excluding hydrogens is 685 g/mol. The molecule has 9 rings (SSSR count). The molecule has 0 atom stereocenters. The highest BCUT2D eigenvalue weighted by molar-refractivity contribution is 5.82. The number of fused-ring (bicyclic) bond motifs is 1. The van der Waals surface area contributed by atoms with E-state index in [1.807, 2.05) is 29.1 Å². The zero-order valence-corrected chi connectivity index (χ0v) is 29.3. The SMILES string of the molecule is COc1ncnc(C2CC2)c1-c1ncc2cc(-c3cnn(C4CCN(C)CC4)c3)c(=O)n(Cc3ccc(-c4nc(C(F)(F)F)cn4C4CC4)cc3)c2n1. The second-order valence-electron chi connectivity index (χ2n) is 14.4. The van der Waals surface area contributed by atoms with E-state index in [4.69, 9.17) is 14.7 Å². The fourth-order valence-corrected chi connectivity index (χ4v) is 7.30. The summed E-state index contributed by atoms with van der Waals surface area (Å²) in [6, 6.07) is 9.22. The summed E-state index contributed by atoms with van der Waals surface area (Å²) in [5, 5.41) is 5.33. The standard InChI is InChI=1S/C38H37F3N10O2/c1-48-13-11-28(12-14-48)51-19-26(17-45-51)29-15-25-16-42-33(31-32(23-7-8-23)43-21-44-36(31)53-2)47-35(25)50(37(29)52)18-22-3-5-24(6-4-22)34-46-30(38(39,40)41)20-49(34)27-9-10-27/h3-6,15-17,19-21,23,27-28H,7-14,18H2,1-2H3. The molecule has 6 heterocycles. The van der Waals surface area contributed by atoms with Gasteiger partial charge in [-0.1, -0.05) is 24.3 Å². The minimum atomic E-state index is -4.54. The van der Waals surface area contributed by atoms with Crippen LogP contribution in [-0.4, -0.2) is 76.0 Å². The zero-order valence-electron chi connectivity index (χ0n) is 29.3. The molecule has 1 aromatic carbocycles. The smallest absolute Gasteiger partial charge is 0.434 e. The maximum Gasteiger partial charge on any atom is 0.434 e. The average molecular weight is 723 g/mol. The molecule has 272 valence electrons. The van der Waals surface area contributed by atoms with Gasteiger partial charge in [0.25, 0.3) is 5.56 Å². The first-order valence-corrected chi connectivity index (χ1v) is 17.9. The summed E-state index contributed by atoms with van der Waals surface area (Å²) >= 11 is 0. The fourth-order valence-electron chi connectivity index (χ4n) is 7.30. The molecule has 2 saturated carbocycles. The van der Waals surface area contributed by atoms with E-state index >= 15 is 0 Å². The highest BCUT2D eigenvalue weighted by atomic mass is 19.4. The molecule has 15 heteroatoms. The lowest BCUT2D eigenvalue weighted by Gasteiger charge is -2.28. The van der Waals surface area contributed by atoms with Gasteiger partial charge in [0.05, 0.1) is 37.2 Å². The molecule has 6 aromatic rings.